The highest BCUT2D eigenvalue weighted by atomic mass is 16.7. The van der Waals surface area contributed by atoms with Gasteiger partial charge in [0.2, 0.25) is 0 Å². The lowest BCUT2D eigenvalue weighted by Gasteiger charge is -2.19. The van der Waals surface area contributed by atoms with E-state index in [1.165, 1.54) is 0 Å². The first kappa shape index (κ1) is 12.3. The summed E-state index contributed by atoms with van der Waals surface area (Å²) in [5.74, 6) is -0.839. The molecule has 0 aromatic carbocycles. The Balaban J connectivity index is 1.69. The van der Waals surface area contributed by atoms with Gasteiger partial charge in [0.25, 0.3) is 0 Å². The summed E-state index contributed by atoms with van der Waals surface area (Å²) in [6.07, 6.45) is 2.32. The predicted molar refractivity (Wildman–Crippen MR) is 59.0 cm³/mol. The van der Waals surface area contributed by atoms with Crippen LogP contribution in [0.1, 0.15) is 40.5 Å². The smallest absolute Gasteiger partial charge is 0.163 e. The van der Waals surface area contributed by atoms with Gasteiger partial charge < -0.3 is 18.9 Å². The van der Waals surface area contributed by atoms with Gasteiger partial charge in [0.05, 0.1) is 25.4 Å². The van der Waals surface area contributed by atoms with Crippen molar-refractivity contribution >= 4 is 0 Å². The number of hydrogen-bond acceptors (Lipinski definition) is 4. The van der Waals surface area contributed by atoms with Crippen molar-refractivity contribution in [3.63, 3.8) is 0 Å². The van der Waals surface area contributed by atoms with Gasteiger partial charge in [-0.25, -0.2) is 0 Å². The van der Waals surface area contributed by atoms with Crippen molar-refractivity contribution in [2.75, 3.05) is 13.2 Å². The molecule has 2 saturated heterocycles. The van der Waals surface area contributed by atoms with E-state index in [0.717, 1.165) is 12.8 Å². The minimum Gasteiger partial charge on any atom is -0.348 e. The molecule has 0 N–H and O–H groups in total. The van der Waals surface area contributed by atoms with E-state index in [4.69, 9.17) is 18.9 Å². The van der Waals surface area contributed by atoms with Crippen LogP contribution < -0.4 is 0 Å². The predicted octanol–water partition coefficient (Wildman–Crippen LogP) is 2.07. The highest BCUT2D eigenvalue weighted by molar-refractivity contribution is 4.76. The summed E-state index contributed by atoms with van der Waals surface area (Å²) in [6.45, 7) is 9.17. The van der Waals surface area contributed by atoms with E-state index >= 15 is 0 Å². The molecule has 0 bridgehead atoms. The minimum atomic E-state index is -0.420. The Labute approximate surface area is 97.2 Å². The normalized spacial score (nSPS) is 36.8. The Morgan fingerprint density at radius 2 is 1.19 bits per heavy atom. The lowest BCUT2D eigenvalue weighted by Crippen LogP contribution is -2.24. The van der Waals surface area contributed by atoms with E-state index in [9.17, 15) is 0 Å². The van der Waals surface area contributed by atoms with Crippen molar-refractivity contribution in [3.05, 3.63) is 0 Å². The first-order chi connectivity index (χ1) is 7.36. The maximum Gasteiger partial charge on any atom is 0.163 e. The van der Waals surface area contributed by atoms with Crippen LogP contribution in [0.5, 0.6) is 0 Å². The molecule has 4 nitrogen and oxygen atoms in total. The first-order valence-electron chi connectivity index (χ1n) is 6.00. The lowest BCUT2D eigenvalue weighted by atomic mass is 10.1. The van der Waals surface area contributed by atoms with Gasteiger partial charge in [-0.15, -0.1) is 0 Å². The van der Waals surface area contributed by atoms with Crippen LogP contribution in [-0.2, 0) is 18.9 Å². The summed E-state index contributed by atoms with van der Waals surface area (Å²) in [5.41, 5.74) is 0. The van der Waals surface area contributed by atoms with Crippen LogP contribution in [0.15, 0.2) is 0 Å². The summed E-state index contributed by atoms with van der Waals surface area (Å²) in [6, 6.07) is 0. The van der Waals surface area contributed by atoms with Crippen molar-refractivity contribution in [1.82, 2.24) is 0 Å². The first-order valence-corrected chi connectivity index (χ1v) is 6.00. The van der Waals surface area contributed by atoms with Crippen molar-refractivity contribution in [3.8, 4) is 0 Å². The van der Waals surface area contributed by atoms with E-state index in [-0.39, 0.29) is 12.2 Å². The fourth-order valence-electron chi connectivity index (χ4n) is 2.18. The molecule has 0 spiro atoms. The molecule has 0 aromatic rings. The Kier molecular flexibility index (Phi) is 3.27. The molecular formula is C12H22O4. The zero-order valence-corrected chi connectivity index (χ0v) is 10.6. The van der Waals surface area contributed by atoms with Crippen LogP contribution in [0.25, 0.3) is 0 Å². The average Bonchev–Trinajstić information content (AvgIpc) is 2.66. The van der Waals surface area contributed by atoms with Gasteiger partial charge in [0, 0.05) is 0 Å². The molecule has 0 aromatic heterocycles. The molecule has 94 valence electrons. The molecule has 2 heterocycles. The topological polar surface area (TPSA) is 36.9 Å². The fourth-order valence-corrected chi connectivity index (χ4v) is 2.18. The maximum atomic E-state index is 5.74. The summed E-state index contributed by atoms with van der Waals surface area (Å²) in [5, 5.41) is 0. The summed E-state index contributed by atoms with van der Waals surface area (Å²) in [4.78, 5) is 0. The largest absolute Gasteiger partial charge is 0.348 e. The fraction of sp³-hybridized carbons (Fsp3) is 1.00. The highest BCUT2D eigenvalue weighted by Gasteiger charge is 2.35. The average molecular weight is 230 g/mol. The zero-order chi connectivity index (χ0) is 11.8. The second-order valence-electron chi connectivity index (χ2n) is 5.48. The molecule has 0 unspecified atom stereocenters. The van der Waals surface area contributed by atoms with Gasteiger partial charge in [-0.3, -0.25) is 0 Å². The van der Waals surface area contributed by atoms with Crippen molar-refractivity contribution in [2.45, 2.75) is 64.3 Å². The molecular weight excluding hydrogens is 208 g/mol. The summed E-state index contributed by atoms with van der Waals surface area (Å²) in [7, 11) is 0. The standard InChI is InChI=1S/C12H22O4/c1-11(2)13-7-9(15-11)5-6-10-8-14-12(3,4)16-10/h9-10H,5-8H2,1-4H3/t9-,10-/m0/s1. The molecule has 2 atom stereocenters. The van der Waals surface area contributed by atoms with E-state index in [2.05, 4.69) is 0 Å². The minimum absolute atomic E-state index is 0.197. The van der Waals surface area contributed by atoms with Crippen LogP contribution in [0.3, 0.4) is 0 Å². The van der Waals surface area contributed by atoms with Gasteiger partial charge in [0.15, 0.2) is 11.6 Å². The van der Waals surface area contributed by atoms with Gasteiger partial charge in [-0.2, -0.15) is 0 Å². The quantitative estimate of drug-likeness (QED) is 0.743. The Bertz CT molecular complexity index is 223. The van der Waals surface area contributed by atoms with E-state index in [0.29, 0.717) is 13.2 Å². The molecule has 2 rings (SSSR count). The molecule has 0 radical (unpaired) electrons. The van der Waals surface area contributed by atoms with Crippen LogP contribution >= 0.6 is 0 Å². The Morgan fingerprint density at radius 1 is 0.812 bits per heavy atom. The molecule has 2 aliphatic heterocycles. The van der Waals surface area contributed by atoms with E-state index in [1.54, 1.807) is 0 Å². The number of hydrogen-bond donors (Lipinski definition) is 0. The molecule has 16 heavy (non-hydrogen) atoms. The summed E-state index contributed by atoms with van der Waals surface area (Å²) < 4.78 is 22.5. The monoisotopic (exact) mass is 230 g/mol. The number of ether oxygens (including phenoxy) is 4. The zero-order valence-electron chi connectivity index (χ0n) is 10.6. The van der Waals surface area contributed by atoms with E-state index < -0.39 is 11.6 Å². The van der Waals surface area contributed by atoms with Crippen molar-refractivity contribution in [2.24, 2.45) is 0 Å². The van der Waals surface area contributed by atoms with Gasteiger partial charge >= 0.3 is 0 Å². The van der Waals surface area contributed by atoms with Gasteiger partial charge in [-0.1, -0.05) is 0 Å². The third-order valence-electron chi connectivity index (χ3n) is 2.95. The van der Waals surface area contributed by atoms with Crippen molar-refractivity contribution < 1.29 is 18.9 Å². The Hall–Kier alpha value is -0.160. The second kappa shape index (κ2) is 4.26. The second-order valence-corrected chi connectivity index (χ2v) is 5.48. The molecule has 0 amide bonds. The Morgan fingerprint density at radius 3 is 1.44 bits per heavy atom. The molecule has 0 aliphatic carbocycles. The third-order valence-corrected chi connectivity index (χ3v) is 2.95. The number of rotatable bonds is 3. The SMILES string of the molecule is CC1(C)OC[C@H](CC[C@H]2COC(C)(C)O2)O1. The maximum absolute atomic E-state index is 5.74. The van der Waals surface area contributed by atoms with Gasteiger partial charge in [-0.05, 0) is 40.5 Å². The molecule has 2 aliphatic rings. The summed E-state index contributed by atoms with van der Waals surface area (Å²) >= 11 is 0. The highest BCUT2D eigenvalue weighted by Crippen LogP contribution is 2.28. The third kappa shape index (κ3) is 3.17. The van der Waals surface area contributed by atoms with E-state index in [1.807, 2.05) is 27.7 Å². The van der Waals surface area contributed by atoms with Crippen LogP contribution in [0, 0.1) is 0 Å². The van der Waals surface area contributed by atoms with Crippen LogP contribution in [-0.4, -0.2) is 37.0 Å². The molecule has 0 saturated carbocycles. The van der Waals surface area contributed by atoms with Crippen molar-refractivity contribution in [1.29, 1.82) is 0 Å². The molecule has 4 heteroatoms. The van der Waals surface area contributed by atoms with Gasteiger partial charge in [0.1, 0.15) is 0 Å². The van der Waals surface area contributed by atoms with Crippen LogP contribution in [0.2, 0.25) is 0 Å². The molecule has 2 fully saturated rings. The van der Waals surface area contributed by atoms with Crippen LogP contribution in [0.4, 0.5) is 0 Å². The lowest BCUT2D eigenvalue weighted by molar-refractivity contribution is -0.146.